The minimum Gasteiger partial charge on any atom is -0.549 e. The Labute approximate surface area is 146 Å². The molecular weight excluding hydrogens is 318 g/mol. The molecule has 3 nitrogen and oxygen atoms in total. The third-order valence-electron chi connectivity index (χ3n) is 5.46. The quantitative estimate of drug-likeness (QED) is 0.420. The maximum absolute atomic E-state index is 9.75. The van der Waals surface area contributed by atoms with Crippen molar-refractivity contribution in [2.75, 3.05) is 0 Å². The number of rotatable bonds is 6. The van der Waals surface area contributed by atoms with Crippen molar-refractivity contribution < 1.29 is 8.85 Å². The van der Waals surface area contributed by atoms with Crippen molar-refractivity contribution >= 4 is 16.6 Å². The highest BCUT2D eigenvalue weighted by atomic mass is 28.4. The van der Waals surface area contributed by atoms with Gasteiger partial charge in [-0.05, 0) is 48.8 Å². The lowest BCUT2D eigenvalue weighted by molar-refractivity contribution is 0.151. The SMILES string of the molecule is CC[C@](C#N)(/C=C\O[Si](C)(C)C(C)(C)C)O[Si](C)(C)C(C)(C)C. The first-order valence-electron chi connectivity index (χ1n) is 8.50. The predicted molar refractivity (Wildman–Crippen MR) is 104 cm³/mol. The summed E-state index contributed by atoms with van der Waals surface area (Å²) in [6.45, 7) is 23.9. The standard InChI is InChI=1S/C18H37NO2Si2/c1-12-18(15-19,21-23(10,11)17(5,6)7)13-14-20-22(8,9)16(2,3)4/h13-14H,12H2,1-11H3/b14-13-/t18-/m1/s1. The van der Waals surface area contributed by atoms with Crippen molar-refractivity contribution in [3.05, 3.63) is 12.3 Å². The zero-order valence-corrected chi connectivity index (χ0v) is 19.1. The van der Waals surface area contributed by atoms with E-state index in [1.54, 1.807) is 6.26 Å². The molecule has 1 atom stereocenters. The molecule has 0 bridgehead atoms. The topological polar surface area (TPSA) is 42.2 Å². The summed E-state index contributed by atoms with van der Waals surface area (Å²) in [6.07, 6.45) is 4.17. The summed E-state index contributed by atoms with van der Waals surface area (Å²) in [5.41, 5.74) is -0.897. The van der Waals surface area contributed by atoms with Crippen LogP contribution < -0.4 is 0 Å². The molecular formula is C18H37NO2Si2. The molecule has 0 spiro atoms. The summed E-state index contributed by atoms with van der Waals surface area (Å²) in [5, 5.41) is 9.95. The van der Waals surface area contributed by atoms with E-state index in [1.807, 2.05) is 13.0 Å². The van der Waals surface area contributed by atoms with E-state index >= 15 is 0 Å². The lowest BCUT2D eigenvalue weighted by atomic mass is 10.0. The summed E-state index contributed by atoms with van der Waals surface area (Å²) in [4.78, 5) is 0. The third kappa shape index (κ3) is 5.77. The number of hydrogen-bond donors (Lipinski definition) is 0. The van der Waals surface area contributed by atoms with Gasteiger partial charge in [0.2, 0.25) is 8.32 Å². The summed E-state index contributed by atoms with van der Waals surface area (Å²) in [6, 6.07) is 2.38. The minimum atomic E-state index is -2.03. The molecule has 0 saturated carbocycles. The highest BCUT2D eigenvalue weighted by Crippen LogP contribution is 2.40. The molecule has 0 aliphatic heterocycles. The molecule has 134 valence electrons. The van der Waals surface area contributed by atoms with Gasteiger partial charge >= 0.3 is 0 Å². The van der Waals surface area contributed by atoms with Gasteiger partial charge in [0, 0.05) is 0 Å². The minimum absolute atomic E-state index is 0.0679. The van der Waals surface area contributed by atoms with E-state index in [0.29, 0.717) is 6.42 Å². The lowest BCUT2D eigenvalue weighted by Crippen LogP contribution is -2.48. The van der Waals surface area contributed by atoms with Crippen LogP contribution in [0.1, 0.15) is 54.9 Å². The zero-order chi connectivity index (χ0) is 18.7. The van der Waals surface area contributed by atoms with Crippen molar-refractivity contribution in [3.63, 3.8) is 0 Å². The van der Waals surface area contributed by atoms with Gasteiger partial charge in [0.15, 0.2) is 13.9 Å². The van der Waals surface area contributed by atoms with Crippen LogP contribution in [-0.2, 0) is 8.85 Å². The Bertz CT molecular complexity index is 465. The fourth-order valence-electron chi connectivity index (χ4n) is 1.46. The van der Waals surface area contributed by atoms with Gasteiger partial charge in [0.25, 0.3) is 0 Å². The van der Waals surface area contributed by atoms with Crippen molar-refractivity contribution in [2.45, 2.75) is 96.8 Å². The van der Waals surface area contributed by atoms with E-state index in [1.165, 1.54) is 0 Å². The summed E-state index contributed by atoms with van der Waals surface area (Å²) in [5.74, 6) is 0. The van der Waals surface area contributed by atoms with Crippen LogP contribution >= 0.6 is 0 Å². The maximum atomic E-state index is 9.75. The fraction of sp³-hybridized carbons (Fsp3) is 0.833. The van der Waals surface area contributed by atoms with Crippen molar-refractivity contribution in [3.8, 4) is 6.07 Å². The first-order chi connectivity index (χ1) is 10.0. The maximum Gasteiger partial charge on any atom is 0.249 e. The second-order valence-electron chi connectivity index (χ2n) is 9.40. The Morgan fingerprint density at radius 2 is 1.35 bits per heavy atom. The average Bonchev–Trinajstić information content (AvgIpc) is 2.34. The summed E-state index contributed by atoms with van der Waals surface area (Å²) in [7, 11) is -3.90. The molecule has 0 rings (SSSR count). The zero-order valence-electron chi connectivity index (χ0n) is 17.1. The summed E-state index contributed by atoms with van der Waals surface area (Å²) >= 11 is 0. The summed E-state index contributed by atoms with van der Waals surface area (Å²) < 4.78 is 12.5. The van der Waals surface area contributed by atoms with Gasteiger partial charge in [0.05, 0.1) is 6.26 Å². The molecule has 0 aromatic heterocycles. The number of hydrogen-bond acceptors (Lipinski definition) is 3. The van der Waals surface area contributed by atoms with E-state index in [4.69, 9.17) is 8.85 Å². The van der Waals surface area contributed by atoms with Gasteiger partial charge in [0.1, 0.15) is 6.07 Å². The average molecular weight is 356 g/mol. The molecule has 0 N–H and O–H groups in total. The van der Waals surface area contributed by atoms with Crippen LogP contribution in [0, 0.1) is 11.3 Å². The van der Waals surface area contributed by atoms with Gasteiger partial charge in [-0.3, -0.25) is 0 Å². The monoisotopic (exact) mass is 355 g/mol. The second kappa shape index (κ2) is 7.12. The van der Waals surface area contributed by atoms with Gasteiger partial charge in [-0.15, -0.1) is 0 Å². The third-order valence-corrected chi connectivity index (χ3v) is 14.3. The molecule has 23 heavy (non-hydrogen) atoms. The Morgan fingerprint density at radius 3 is 1.65 bits per heavy atom. The fourth-order valence-corrected chi connectivity index (χ4v) is 3.70. The largest absolute Gasteiger partial charge is 0.549 e. The Balaban J connectivity index is 5.37. The Morgan fingerprint density at radius 1 is 0.913 bits per heavy atom. The Kier molecular flexibility index (Phi) is 6.94. The molecule has 0 fully saturated rings. The van der Waals surface area contributed by atoms with Crippen LogP contribution in [-0.4, -0.2) is 22.2 Å². The van der Waals surface area contributed by atoms with Crippen LogP contribution in [0.4, 0.5) is 0 Å². The molecule has 0 radical (unpaired) electrons. The van der Waals surface area contributed by atoms with Crippen LogP contribution in [0.15, 0.2) is 12.3 Å². The molecule has 0 saturated heterocycles. The van der Waals surface area contributed by atoms with Crippen LogP contribution in [0.25, 0.3) is 0 Å². The van der Waals surface area contributed by atoms with E-state index in [0.717, 1.165) is 0 Å². The highest BCUT2D eigenvalue weighted by Gasteiger charge is 2.44. The van der Waals surface area contributed by atoms with Gasteiger partial charge in [-0.25, -0.2) is 0 Å². The molecule has 0 heterocycles. The van der Waals surface area contributed by atoms with Crippen LogP contribution in [0.5, 0.6) is 0 Å². The van der Waals surface area contributed by atoms with Crippen molar-refractivity contribution in [1.29, 1.82) is 5.26 Å². The molecule has 0 amide bonds. The number of nitriles is 1. The predicted octanol–water partition coefficient (Wildman–Crippen LogP) is 6.22. The molecule has 0 aromatic rings. The van der Waals surface area contributed by atoms with Gasteiger partial charge in [-0.1, -0.05) is 48.5 Å². The van der Waals surface area contributed by atoms with E-state index in [-0.39, 0.29) is 10.1 Å². The second-order valence-corrected chi connectivity index (χ2v) is 18.9. The molecule has 0 aliphatic carbocycles. The molecule has 5 heteroatoms. The molecule has 0 aromatic carbocycles. The Hall–Kier alpha value is -0.576. The molecule has 0 aliphatic rings. The van der Waals surface area contributed by atoms with Crippen molar-refractivity contribution in [1.82, 2.24) is 0 Å². The van der Waals surface area contributed by atoms with E-state index in [2.05, 4.69) is 73.8 Å². The smallest absolute Gasteiger partial charge is 0.249 e. The first kappa shape index (κ1) is 22.4. The van der Waals surface area contributed by atoms with E-state index < -0.39 is 22.2 Å². The van der Waals surface area contributed by atoms with Crippen molar-refractivity contribution in [2.24, 2.45) is 0 Å². The van der Waals surface area contributed by atoms with Gasteiger partial charge in [-0.2, -0.15) is 5.26 Å². The number of nitrogens with zero attached hydrogens (tertiary/aromatic N) is 1. The van der Waals surface area contributed by atoms with Crippen LogP contribution in [0.2, 0.25) is 36.3 Å². The first-order valence-corrected chi connectivity index (χ1v) is 14.3. The lowest BCUT2D eigenvalue weighted by Gasteiger charge is -2.41. The highest BCUT2D eigenvalue weighted by molar-refractivity contribution is 6.74. The van der Waals surface area contributed by atoms with E-state index in [9.17, 15) is 5.26 Å². The molecule has 0 unspecified atom stereocenters. The van der Waals surface area contributed by atoms with Crippen LogP contribution in [0.3, 0.4) is 0 Å². The normalized spacial score (nSPS) is 17.0. The van der Waals surface area contributed by atoms with Gasteiger partial charge < -0.3 is 8.85 Å².